The number of aromatic nitrogens is 2. The molecule has 0 aliphatic heterocycles. The van der Waals surface area contributed by atoms with Crippen molar-refractivity contribution < 1.29 is 19.4 Å². The Labute approximate surface area is 110 Å². The van der Waals surface area contributed by atoms with Gasteiger partial charge in [0, 0.05) is 13.2 Å². The highest BCUT2D eigenvalue weighted by Crippen LogP contribution is 2.04. The number of amides is 1. The third-order valence-corrected chi connectivity index (χ3v) is 2.40. The lowest BCUT2D eigenvalue weighted by Gasteiger charge is -2.13. The summed E-state index contributed by atoms with van der Waals surface area (Å²) in [5, 5.41) is 15.3. The fourth-order valence-electron chi connectivity index (χ4n) is 1.49. The van der Waals surface area contributed by atoms with Gasteiger partial charge in [0.2, 0.25) is 0 Å². The van der Waals surface area contributed by atoms with Crippen molar-refractivity contribution in [3.8, 4) is 0 Å². The van der Waals surface area contributed by atoms with Crippen LogP contribution in [0.4, 0.5) is 4.79 Å². The number of carbonyl (C=O) groups is 2. The minimum atomic E-state index is -1.10. The van der Waals surface area contributed by atoms with Gasteiger partial charge in [0.05, 0.1) is 6.20 Å². The number of alkyl carbamates (subject to hydrolysis) is 1. The fourth-order valence-corrected chi connectivity index (χ4v) is 1.49. The lowest BCUT2D eigenvalue weighted by molar-refractivity contribution is -0.139. The van der Waals surface area contributed by atoms with E-state index in [-0.39, 0.29) is 13.0 Å². The Morgan fingerprint density at radius 3 is 2.95 bits per heavy atom. The standard InChI is InChI=1S/C12H17N3O4/c1-3-6-19-12(18)14-10(11(16)17)5-4-9-7-13-15(2)8-9/h3,7-8,10H,1,4-6H2,2H3,(H,14,18)(H,16,17). The minimum Gasteiger partial charge on any atom is -0.480 e. The Balaban J connectivity index is 2.46. The zero-order valence-corrected chi connectivity index (χ0v) is 10.7. The van der Waals surface area contributed by atoms with Gasteiger partial charge in [-0.15, -0.1) is 0 Å². The average molecular weight is 267 g/mol. The summed E-state index contributed by atoms with van der Waals surface area (Å²) in [6.07, 6.45) is 4.88. The topological polar surface area (TPSA) is 93.5 Å². The van der Waals surface area contributed by atoms with Crippen LogP contribution in [-0.4, -0.2) is 39.6 Å². The van der Waals surface area contributed by atoms with Crippen LogP contribution in [0, 0.1) is 0 Å². The highest BCUT2D eigenvalue weighted by atomic mass is 16.5. The Morgan fingerprint density at radius 1 is 1.68 bits per heavy atom. The van der Waals surface area contributed by atoms with Crippen LogP contribution in [0.1, 0.15) is 12.0 Å². The van der Waals surface area contributed by atoms with Crippen molar-refractivity contribution in [2.24, 2.45) is 7.05 Å². The molecular weight excluding hydrogens is 250 g/mol. The van der Waals surface area contributed by atoms with Crippen molar-refractivity contribution in [3.05, 3.63) is 30.6 Å². The fraction of sp³-hybridized carbons (Fsp3) is 0.417. The molecule has 0 fully saturated rings. The molecule has 1 heterocycles. The molecule has 0 saturated heterocycles. The Bertz CT molecular complexity index is 456. The second-order valence-corrected chi connectivity index (χ2v) is 3.98. The number of aryl methyl sites for hydroxylation is 2. The summed E-state index contributed by atoms with van der Waals surface area (Å²) in [6, 6.07) is -0.988. The minimum absolute atomic E-state index is 0.0424. The molecule has 0 spiro atoms. The SMILES string of the molecule is C=CCOC(=O)NC(CCc1cnn(C)c1)C(=O)O. The van der Waals surface area contributed by atoms with Gasteiger partial charge in [-0.25, -0.2) is 9.59 Å². The van der Waals surface area contributed by atoms with E-state index >= 15 is 0 Å². The van der Waals surface area contributed by atoms with Gasteiger partial charge < -0.3 is 15.2 Å². The molecule has 0 bridgehead atoms. The lowest BCUT2D eigenvalue weighted by Crippen LogP contribution is -2.41. The van der Waals surface area contributed by atoms with Crippen LogP contribution < -0.4 is 5.32 Å². The summed E-state index contributed by atoms with van der Waals surface area (Å²) in [6.45, 7) is 3.44. The van der Waals surface area contributed by atoms with Crippen LogP contribution in [0.2, 0.25) is 0 Å². The van der Waals surface area contributed by atoms with E-state index in [4.69, 9.17) is 5.11 Å². The molecule has 7 heteroatoms. The number of hydrogen-bond donors (Lipinski definition) is 2. The molecule has 1 aromatic heterocycles. The summed E-state index contributed by atoms with van der Waals surface area (Å²) in [4.78, 5) is 22.3. The number of carbonyl (C=O) groups excluding carboxylic acids is 1. The normalized spacial score (nSPS) is 11.6. The van der Waals surface area contributed by atoms with E-state index in [0.29, 0.717) is 6.42 Å². The van der Waals surface area contributed by atoms with E-state index in [0.717, 1.165) is 5.56 Å². The molecule has 2 N–H and O–H groups in total. The molecule has 1 atom stereocenters. The first kappa shape index (κ1) is 14.7. The smallest absolute Gasteiger partial charge is 0.408 e. The first-order valence-corrected chi connectivity index (χ1v) is 5.77. The van der Waals surface area contributed by atoms with E-state index in [1.54, 1.807) is 24.1 Å². The number of aliphatic carboxylic acids is 1. The third-order valence-electron chi connectivity index (χ3n) is 2.40. The molecule has 1 aromatic rings. The van der Waals surface area contributed by atoms with E-state index in [9.17, 15) is 9.59 Å². The van der Waals surface area contributed by atoms with Crippen molar-refractivity contribution in [3.63, 3.8) is 0 Å². The van der Waals surface area contributed by atoms with Gasteiger partial charge in [-0.1, -0.05) is 12.7 Å². The van der Waals surface area contributed by atoms with Crippen LogP contribution in [0.5, 0.6) is 0 Å². The van der Waals surface area contributed by atoms with Gasteiger partial charge in [0.25, 0.3) is 0 Å². The lowest BCUT2D eigenvalue weighted by atomic mass is 10.1. The predicted octanol–water partition coefficient (Wildman–Crippen LogP) is 0.718. The largest absolute Gasteiger partial charge is 0.480 e. The summed E-state index contributed by atoms with van der Waals surface area (Å²) in [5.41, 5.74) is 0.912. The predicted molar refractivity (Wildman–Crippen MR) is 67.6 cm³/mol. The zero-order chi connectivity index (χ0) is 14.3. The van der Waals surface area contributed by atoms with Crippen molar-refractivity contribution in [2.45, 2.75) is 18.9 Å². The van der Waals surface area contributed by atoms with E-state index in [1.807, 2.05) is 0 Å². The van der Waals surface area contributed by atoms with Gasteiger partial charge >= 0.3 is 12.1 Å². The monoisotopic (exact) mass is 267 g/mol. The number of ether oxygens (including phenoxy) is 1. The maximum absolute atomic E-state index is 11.3. The van der Waals surface area contributed by atoms with Crippen LogP contribution >= 0.6 is 0 Å². The molecular formula is C12H17N3O4. The molecule has 7 nitrogen and oxygen atoms in total. The van der Waals surface area contributed by atoms with Crippen LogP contribution in [-0.2, 0) is 23.0 Å². The van der Waals surface area contributed by atoms with Crippen LogP contribution in [0.25, 0.3) is 0 Å². The molecule has 19 heavy (non-hydrogen) atoms. The Kier molecular flexibility index (Phi) is 5.59. The molecule has 1 amide bonds. The number of nitrogens with zero attached hydrogens (tertiary/aromatic N) is 2. The van der Waals surface area contributed by atoms with Crippen molar-refractivity contribution in [1.82, 2.24) is 15.1 Å². The van der Waals surface area contributed by atoms with E-state index in [2.05, 4.69) is 21.7 Å². The molecule has 0 radical (unpaired) electrons. The highest BCUT2D eigenvalue weighted by Gasteiger charge is 2.20. The van der Waals surface area contributed by atoms with Gasteiger partial charge in [-0.2, -0.15) is 5.10 Å². The summed E-state index contributed by atoms with van der Waals surface area (Å²) in [7, 11) is 1.78. The van der Waals surface area contributed by atoms with Crippen LogP contribution in [0.3, 0.4) is 0 Å². The van der Waals surface area contributed by atoms with Crippen molar-refractivity contribution in [2.75, 3.05) is 6.61 Å². The van der Waals surface area contributed by atoms with Gasteiger partial charge in [-0.3, -0.25) is 4.68 Å². The molecule has 0 aromatic carbocycles. The second kappa shape index (κ2) is 7.20. The first-order valence-electron chi connectivity index (χ1n) is 5.77. The maximum atomic E-state index is 11.3. The third kappa shape index (κ3) is 5.24. The van der Waals surface area contributed by atoms with Gasteiger partial charge in [-0.05, 0) is 18.4 Å². The van der Waals surface area contributed by atoms with E-state index in [1.165, 1.54) is 6.08 Å². The maximum Gasteiger partial charge on any atom is 0.408 e. The second-order valence-electron chi connectivity index (χ2n) is 3.98. The summed E-state index contributed by atoms with van der Waals surface area (Å²) in [5.74, 6) is -1.10. The Morgan fingerprint density at radius 2 is 2.42 bits per heavy atom. The summed E-state index contributed by atoms with van der Waals surface area (Å²) >= 11 is 0. The number of nitrogens with one attached hydrogen (secondary N) is 1. The summed E-state index contributed by atoms with van der Waals surface area (Å²) < 4.78 is 6.32. The molecule has 1 unspecified atom stereocenters. The Hall–Kier alpha value is -2.31. The molecule has 1 rings (SSSR count). The first-order chi connectivity index (χ1) is 9.02. The number of carboxylic acid groups (broad SMARTS) is 1. The van der Waals surface area contributed by atoms with Gasteiger partial charge in [0.15, 0.2) is 0 Å². The van der Waals surface area contributed by atoms with E-state index < -0.39 is 18.1 Å². The quantitative estimate of drug-likeness (QED) is 0.710. The number of hydrogen-bond acceptors (Lipinski definition) is 4. The molecule has 0 aliphatic rings. The zero-order valence-electron chi connectivity index (χ0n) is 10.7. The highest BCUT2D eigenvalue weighted by molar-refractivity contribution is 5.79. The van der Waals surface area contributed by atoms with Crippen LogP contribution in [0.15, 0.2) is 25.0 Å². The van der Waals surface area contributed by atoms with Crippen molar-refractivity contribution in [1.29, 1.82) is 0 Å². The van der Waals surface area contributed by atoms with Crippen molar-refractivity contribution >= 4 is 12.1 Å². The van der Waals surface area contributed by atoms with Gasteiger partial charge in [0.1, 0.15) is 12.6 Å². The molecule has 0 aliphatic carbocycles. The average Bonchev–Trinajstić information content (AvgIpc) is 2.77. The molecule has 0 saturated carbocycles. The number of rotatable bonds is 7. The molecule has 104 valence electrons. The number of carboxylic acids is 1.